The number of aliphatic hydroxyl groups excluding tert-OH is 1. The minimum atomic E-state index is -0.693. The monoisotopic (exact) mass is 278 g/mol. The lowest BCUT2D eigenvalue weighted by atomic mass is 10.2. The Hall–Kier alpha value is -2.08. The molecule has 0 saturated carbocycles. The summed E-state index contributed by atoms with van der Waals surface area (Å²) in [7, 11) is 1.50. The zero-order chi connectivity index (χ0) is 14.5. The van der Waals surface area contributed by atoms with E-state index in [0.29, 0.717) is 0 Å². The number of aliphatic hydroxyl groups is 1. The first kappa shape index (κ1) is 14.3. The minimum absolute atomic E-state index is 0.117. The third-order valence-electron chi connectivity index (χ3n) is 3.27. The van der Waals surface area contributed by atoms with Crippen molar-refractivity contribution in [2.45, 2.75) is 25.2 Å². The zero-order valence-corrected chi connectivity index (χ0v) is 11.3. The molecule has 0 radical (unpaired) electrons. The molecule has 1 aromatic rings. The molecular weight excluding hydrogens is 260 g/mol. The Morgan fingerprint density at radius 3 is 2.75 bits per heavy atom. The van der Waals surface area contributed by atoms with Gasteiger partial charge < -0.3 is 15.2 Å². The van der Waals surface area contributed by atoms with E-state index in [1.807, 2.05) is 30.3 Å². The molecule has 1 aromatic carbocycles. The molecule has 1 aliphatic rings. The van der Waals surface area contributed by atoms with Crippen molar-refractivity contribution in [2.24, 2.45) is 0 Å². The fourth-order valence-corrected chi connectivity index (χ4v) is 2.23. The molecule has 2 N–H and O–H groups in total. The lowest BCUT2D eigenvalue weighted by Crippen LogP contribution is -2.45. The first-order valence-electron chi connectivity index (χ1n) is 6.48. The van der Waals surface area contributed by atoms with E-state index in [-0.39, 0.29) is 25.5 Å². The predicted octanol–water partition coefficient (Wildman–Crippen LogP) is 0.504. The SMILES string of the molecule is CNC(=O)[C@H]1C[C@@H](O)CN1C(=O)OCc1ccccc1. The van der Waals surface area contributed by atoms with Crippen LogP contribution in [0.3, 0.4) is 0 Å². The molecule has 6 heteroatoms. The summed E-state index contributed by atoms with van der Waals surface area (Å²) in [5, 5.41) is 12.1. The summed E-state index contributed by atoms with van der Waals surface area (Å²) in [4.78, 5) is 25.0. The Morgan fingerprint density at radius 2 is 2.10 bits per heavy atom. The molecule has 108 valence electrons. The zero-order valence-electron chi connectivity index (χ0n) is 11.3. The molecule has 0 unspecified atom stereocenters. The van der Waals surface area contributed by atoms with E-state index in [9.17, 15) is 14.7 Å². The van der Waals surface area contributed by atoms with Crippen molar-refractivity contribution >= 4 is 12.0 Å². The maximum absolute atomic E-state index is 12.0. The molecule has 0 bridgehead atoms. The van der Waals surface area contributed by atoms with Crippen LogP contribution < -0.4 is 5.32 Å². The van der Waals surface area contributed by atoms with Gasteiger partial charge in [0.1, 0.15) is 12.6 Å². The summed E-state index contributed by atoms with van der Waals surface area (Å²) in [6.45, 7) is 0.262. The van der Waals surface area contributed by atoms with Gasteiger partial charge in [-0.1, -0.05) is 30.3 Å². The van der Waals surface area contributed by atoms with Gasteiger partial charge in [-0.3, -0.25) is 9.69 Å². The summed E-state index contributed by atoms with van der Waals surface area (Å²) in [5.41, 5.74) is 0.872. The highest BCUT2D eigenvalue weighted by Gasteiger charge is 2.39. The number of hydrogen-bond donors (Lipinski definition) is 2. The van der Waals surface area contributed by atoms with Gasteiger partial charge in [0.15, 0.2) is 0 Å². The van der Waals surface area contributed by atoms with Gasteiger partial charge >= 0.3 is 6.09 Å². The Labute approximate surface area is 117 Å². The van der Waals surface area contributed by atoms with E-state index in [4.69, 9.17) is 4.74 Å². The maximum atomic E-state index is 12.0. The first-order valence-corrected chi connectivity index (χ1v) is 6.48. The lowest BCUT2D eigenvalue weighted by molar-refractivity contribution is -0.124. The average Bonchev–Trinajstić information content (AvgIpc) is 2.87. The van der Waals surface area contributed by atoms with Gasteiger partial charge in [-0.25, -0.2) is 4.79 Å². The van der Waals surface area contributed by atoms with Crippen molar-refractivity contribution in [3.63, 3.8) is 0 Å². The van der Waals surface area contributed by atoms with E-state index in [0.717, 1.165) is 5.56 Å². The van der Waals surface area contributed by atoms with E-state index in [1.54, 1.807) is 0 Å². The minimum Gasteiger partial charge on any atom is -0.445 e. The number of rotatable bonds is 3. The second-order valence-corrected chi connectivity index (χ2v) is 4.71. The molecule has 0 aromatic heterocycles. The topological polar surface area (TPSA) is 78.9 Å². The fraction of sp³-hybridized carbons (Fsp3) is 0.429. The quantitative estimate of drug-likeness (QED) is 0.844. The van der Waals surface area contributed by atoms with E-state index < -0.39 is 18.2 Å². The predicted molar refractivity (Wildman–Crippen MR) is 71.8 cm³/mol. The van der Waals surface area contributed by atoms with Crippen molar-refractivity contribution in [3.05, 3.63) is 35.9 Å². The van der Waals surface area contributed by atoms with Gasteiger partial charge in [0.25, 0.3) is 0 Å². The number of hydrogen-bond acceptors (Lipinski definition) is 4. The number of nitrogens with one attached hydrogen (secondary N) is 1. The van der Waals surface area contributed by atoms with Crippen molar-refractivity contribution in [2.75, 3.05) is 13.6 Å². The second kappa shape index (κ2) is 6.38. The summed E-state index contributed by atoms with van der Waals surface area (Å²) in [5.74, 6) is -0.293. The van der Waals surface area contributed by atoms with Crippen molar-refractivity contribution < 1.29 is 19.4 Å². The number of ether oxygens (including phenoxy) is 1. The third-order valence-corrected chi connectivity index (χ3v) is 3.27. The van der Waals surface area contributed by atoms with Gasteiger partial charge in [0.05, 0.1) is 12.6 Å². The maximum Gasteiger partial charge on any atom is 0.410 e. The smallest absolute Gasteiger partial charge is 0.410 e. The van der Waals surface area contributed by atoms with Crippen LogP contribution in [0.25, 0.3) is 0 Å². The average molecular weight is 278 g/mol. The Kier molecular flexibility index (Phi) is 4.57. The first-order chi connectivity index (χ1) is 9.61. The third kappa shape index (κ3) is 3.27. The molecular formula is C14H18N2O4. The van der Waals surface area contributed by atoms with E-state index >= 15 is 0 Å². The summed E-state index contributed by atoms with van der Waals surface area (Å²) >= 11 is 0. The highest BCUT2D eigenvalue weighted by Crippen LogP contribution is 2.19. The molecule has 6 nitrogen and oxygen atoms in total. The summed E-state index contributed by atoms with van der Waals surface area (Å²) in [6.07, 6.45) is -1.04. The second-order valence-electron chi connectivity index (χ2n) is 4.71. The van der Waals surface area contributed by atoms with Crippen LogP contribution in [0.5, 0.6) is 0 Å². The summed E-state index contributed by atoms with van der Waals surface area (Å²) in [6, 6.07) is 8.62. The molecule has 2 rings (SSSR count). The largest absolute Gasteiger partial charge is 0.445 e. The van der Waals surface area contributed by atoms with E-state index in [2.05, 4.69) is 5.32 Å². The van der Waals surface area contributed by atoms with Crippen molar-refractivity contribution in [3.8, 4) is 0 Å². The molecule has 1 fully saturated rings. The number of carbonyl (C=O) groups is 2. The van der Waals surface area contributed by atoms with Crippen LogP contribution in [0, 0.1) is 0 Å². The van der Waals surface area contributed by atoms with E-state index in [1.165, 1.54) is 11.9 Å². The van der Waals surface area contributed by atoms with Crippen LogP contribution in [0.15, 0.2) is 30.3 Å². The summed E-state index contributed by atoms with van der Waals surface area (Å²) < 4.78 is 5.18. The van der Waals surface area contributed by atoms with Crippen LogP contribution in [0.1, 0.15) is 12.0 Å². The Bertz CT molecular complexity index is 477. The number of likely N-dealkylation sites (tertiary alicyclic amines) is 1. The number of benzene rings is 1. The highest BCUT2D eigenvalue weighted by atomic mass is 16.6. The molecule has 1 aliphatic heterocycles. The molecule has 1 heterocycles. The van der Waals surface area contributed by atoms with Crippen molar-refractivity contribution in [1.29, 1.82) is 0 Å². The fourth-order valence-electron chi connectivity index (χ4n) is 2.23. The number of likely N-dealkylation sites (N-methyl/N-ethyl adjacent to an activating group) is 1. The van der Waals surface area contributed by atoms with Gasteiger partial charge in [0.2, 0.25) is 5.91 Å². The number of amides is 2. The molecule has 2 atom stereocenters. The van der Waals surface area contributed by atoms with Crippen LogP contribution in [0.4, 0.5) is 4.79 Å². The number of carbonyl (C=O) groups excluding carboxylic acids is 2. The Morgan fingerprint density at radius 1 is 1.40 bits per heavy atom. The number of nitrogens with zero attached hydrogens (tertiary/aromatic N) is 1. The lowest BCUT2D eigenvalue weighted by Gasteiger charge is -2.22. The molecule has 2 amide bonds. The van der Waals surface area contributed by atoms with Crippen LogP contribution in [-0.4, -0.2) is 47.7 Å². The van der Waals surface area contributed by atoms with Gasteiger partial charge in [-0.05, 0) is 5.56 Å². The molecule has 1 saturated heterocycles. The van der Waals surface area contributed by atoms with Crippen molar-refractivity contribution in [1.82, 2.24) is 10.2 Å². The van der Waals surface area contributed by atoms with Crippen LogP contribution in [-0.2, 0) is 16.1 Å². The van der Waals surface area contributed by atoms with Gasteiger partial charge in [-0.15, -0.1) is 0 Å². The van der Waals surface area contributed by atoms with Crippen LogP contribution >= 0.6 is 0 Å². The standard InChI is InChI=1S/C14H18N2O4/c1-15-13(18)12-7-11(17)8-16(12)14(19)20-9-10-5-3-2-4-6-10/h2-6,11-12,17H,7-9H2,1H3,(H,15,18)/t11-,12-/m1/s1. The van der Waals surface area contributed by atoms with Crippen LogP contribution in [0.2, 0.25) is 0 Å². The highest BCUT2D eigenvalue weighted by molar-refractivity contribution is 5.86. The van der Waals surface area contributed by atoms with Gasteiger partial charge in [0, 0.05) is 13.5 Å². The molecule has 0 spiro atoms. The Balaban J connectivity index is 1.95. The van der Waals surface area contributed by atoms with Gasteiger partial charge in [-0.2, -0.15) is 0 Å². The molecule has 20 heavy (non-hydrogen) atoms. The number of β-amino-alcohol motifs (C(OH)–C–C–N with tert-alkyl or cyclic N) is 1. The normalized spacial score (nSPS) is 21.6. The molecule has 0 aliphatic carbocycles.